The summed E-state index contributed by atoms with van der Waals surface area (Å²) in [6, 6.07) is 5.27. The lowest BCUT2D eigenvalue weighted by molar-refractivity contribution is -0.138. The normalized spacial score (nSPS) is 20.9. The van der Waals surface area contributed by atoms with Crippen LogP contribution in [-0.2, 0) is 23.1 Å². The molecule has 11 heteroatoms. The predicted octanol–water partition coefficient (Wildman–Crippen LogP) is 4.37. The van der Waals surface area contributed by atoms with Gasteiger partial charge in [-0.1, -0.05) is 0 Å². The van der Waals surface area contributed by atoms with Gasteiger partial charge >= 0.3 is 6.18 Å². The molecule has 0 radical (unpaired) electrons. The molecular weight excluding hydrogens is 467 g/mol. The van der Waals surface area contributed by atoms with E-state index in [1.807, 2.05) is 6.07 Å². The highest BCUT2D eigenvalue weighted by molar-refractivity contribution is 7.18. The van der Waals surface area contributed by atoms with Crippen molar-refractivity contribution >= 4 is 39.0 Å². The van der Waals surface area contributed by atoms with Crippen LogP contribution in [0.5, 0.6) is 0 Å². The van der Waals surface area contributed by atoms with Crippen LogP contribution in [0.2, 0.25) is 0 Å². The fraction of sp³-hybridized carbons (Fsp3) is 0.435. The SMILES string of the molecule is CN(C)C(=O)C1CCC(O)(c2cc3c(NCc4cc(N)cc(C(F)(F)F)c4)ncnc3s2)CC1. The Balaban J connectivity index is 1.53. The summed E-state index contributed by atoms with van der Waals surface area (Å²) < 4.78 is 39.3. The molecule has 34 heavy (non-hydrogen) atoms. The second kappa shape index (κ2) is 9.03. The molecule has 0 spiro atoms. The van der Waals surface area contributed by atoms with E-state index in [-0.39, 0.29) is 24.1 Å². The molecule has 2 heterocycles. The molecule has 1 aliphatic carbocycles. The maximum absolute atomic E-state index is 13.1. The fourth-order valence-corrected chi connectivity index (χ4v) is 5.49. The Kier molecular flexibility index (Phi) is 6.43. The van der Waals surface area contributed by atoms with E-state index in [1.165, 1.54) is 23.7 Å². The summed E-state index contributed by atoms with van der Waals surface area (Å²) in [7, 11) is 3.46. The Morgan fingerprint density at radius 2 is 1.94 bits per heavy atom. The summed E-state index contributed by atoms with van der Waals surface area (Å²) in [5, 5.41) is 15.1. The van der Waals surface area contributed by atoms with E-state index in [2.05, 4.69) is 15.3 Å². The van der Waals surface area contributed by atoms with E-state index in [0.717, 1.165) is 17.0 Å². The van der Waals surface area contributed by atoms with Gasteiger partial charge in [0.2, 0.25) is 5.91 Å². The highest BCUT2D eigenvalue weighted by atomic mass is 32.1. The van der Waals surface area contributed by atoms with Crippen LogP contribution in [0.4, 0.5) is 24.7 Å². The Bertz CT molecular complexity index is 1200. The third kappa shape index (κ3) is 4.95. The van der Waals surface area contributed by atoms with Crippen molar-refractivity contribution in [2.75, 3.05) is 25.1 Å². The van der Waals surface area contributed by atoms with Gasteiger partial charge < -0.3 is 21.1 Å². The number of anilines is 2. The summed E-state index contributed by atoms with van der Waals surface area (Å²) >= 11 is 1.36. The van der Waals surface area contributed by atoms with Gasteiger partial charge in [-0.05, 0) is 55.5 Å². The summed E-state index contributed by atoms with van der Waals surface area (Å²) in [4.78, 5) is 23.8. The molecule has 1 aliphatic rings. The first-order valence-corrected chi connectivity index (χ1v) is 11.7. The maximum atomic E-state index is 13.1. The van der Waals surface area contributed by atoms with Crippen LogP contribution < -0.4 is 11.1 Å². The Hall–Kier alpha value is -2.92. The Morgan fingerprint density at radius 3 is 2.59 bits per heavy atom. The van der Waals surface area contributed by atoms with Crippen LogP contribution >= 0.6 is 11.3 Å². The number of rotatable bonds is 5. The molecule has 1 aromatic carbocycles. The fourth-order valence-electron chi connectivity index (χ4n) is 4.35. The molecule has 2 aromatic heterocycles. The van der Waals surface area contributed by atoms with Crippen LogP contribution in [0.1, 0.15) is 41.7 Å². The van der Waals surface area contributed by atoms with Gasteiger partial charge in [-0.3, -0.25) is 4.79 Å². The lowest BCUT2D eigenvalue weighted by atomic mass is 9.77. The number of hydrogen-bond acceptors (Lipinski definition) is 7. The number of carbonyl (C=O) groups excluding carboxylic acids is 1. The van der Waals surface area contributed by atoms with Gasteiger partial charge in [-0.25, -0.2) is 9.97 Å². The number of amides is 1. The summed E-state index contributed by atoms with van der Waals surface area (Å²) in [6.45, 7) is 0.0873. The first kappa shape index (κ1) is 24.2. The van der Waals surface area contributed by atoms with Gasteiger partial charge in [0.1, 0.15) is 17.0 Å². The van der Waals surface area contributed by atoms with Crippen molar-refractivity contribution in [3.63, 3.8) is 0 Å². The van der Waals surface area contributed by atoms with Crippen molar-refractivity contribution in [2.45, 2.75) is 44.0 Å². The molecule has 7 nitrogen and oxygen atoms in total. The third-order valence-corrected chi connectivity index (χ3v) is 7.43. The lowest BCUT2D eigenvalue weighted by Crippen LogP contribution is -2.37. The second-order valence-corrected chi connectivity index (χ2v) is 9.94. The molecule has 0 bridgehead atoms. The van der Waals surface area contributed by atoms with Crippen molar-refractivity contribution in [3.05, 3.63) is 46.6 Å². The predicted molar refractivity (Wildman–Crippen MR) is 125 cm³/mol. The number of nitrogen functional groups attached to an aromatic ring is 1. The third-order valence-electron chi connectivity index (χ3n) is 6.19. The van der Waals surface area contributed by atoms with Crippen LogP contribution in [0, 0.1) is 5.92 Å². The molecule has 0 atom stereocenters. The number of aliphatic hydroxyl groups is 1. The van der Waals surface area contributed by atoms with Crippen molar-refractivity contribution in [2.24, 2.45) is 5.92 Å². The molecule has 3 aromatic rings. The van der Waals surface area contributed by atoms with E-state index in [9.17, 15) is 23.1 Å². The number of thiophene rings is 1. The van der Waals surface area contributed by atoms with Gasteiger partial charge in [-0.2, -0.15) is 13.2 Å². The van der Waals surface area contributed by atoms with Gasteiger partial charge in [-0.15, -0.1) is 11.3 Å². The first-order chi connectivity index (χ1) is 16.0. The summed E-state index contributed by atoms with van der Waals surface area (Å²) in [5.41, 5.74) is 4.20. The number of carbonyl (C=O) groups is 1. The molecular formula is C23H26F3N5O2S. The van der Waals surface area contributed by atoms with Gasteiger partial charge in [0.25, 0.3) is 0 Å². The minimum Gasteiger partial charge on any atom is -0.399 e. The molecule has 182 valence electrons. The lowest BCUT2D eigenvalue weighted by Gasteiger charge is -2.35. The number of nitrogens with zero attached hydrogens (tertiary/aromatic N) is 3. The first-order valence-electron chi connectivity index (χ1n) is 10.9. The topological polar surface area (TPSA) is 104 Å². The van der Waals surface area contributed by atoms with Crippen molar-refractivity contribution < 1.29 is 23.1 Å². The highest BCUT2D eigenvalue weighted by Gasteiger charge is 2.39. The van der Waals surface area contributed by atoms with Crippen LogP contribution in [0.25, 0.3) is 10.2 Å². The minimum absolute atomic E-state index is 0.0304. The van der Waals surface area contributed by atoms with Crippen molar-refractivity contribution in [1.82, 2.24) is 14.9 Å². The molecule has 1 saturated carbocycles. The maximum Gasteiger partial charge on any atom is 0.416 e. The number of benzene rings is 1. The number of nitrogens with two attached hydrogens (primary N) is 1. The number of aromatic nitrogens is 2. The molecule has 0 unspecified atom stereocenters. The molecule has 1 fully saturated rings. The summed E-state index contributed by atoms with van der Waals surface area (Å²) in [6.07, 6.45) is -0.999. The summed E-state index contributed by atoms with van der Waals surface area (Å²) in [5.74, 6) is 0.441. The smallest absolute Gasteiger partial charge is 0.399 e. The van der Waals surface area contributed by atoms with Crippen LogP contribution in [-0.4, -0.2) is 40.0 Å². The number of hydrogen-bond donors (Lipinski definition) is 3. The Labute approximate surface area is 198 Å². The van der Waals surface area contributed by atoms with Crippen LogP contribution in [0.15, 0.2) is 30.6 Å². The Morgan fingerprint density at radius 1 is 1.24 bits per heavy atom. The number of alkyl halides is 3. The quantitative estimate of drug-likeness (QED) is 0.456. The zero-order valence-electron chi connectivity index (χ0n) is 18.8. The average Bonchev–Trinajstić information content (AvgIpc) is 3.23. The monoisotopic (exact) mass is 493 g/mol. The van der Waals surface area contributed by atoms with Crippen molar-refractivity contribution in [1.29, 1.82) is 0 Å². The van der Waals surface area contributed by atoms with E-state index in [1.54, 1.807) is 19.0 Å². The van der Waals surface area contributed by atoms with Gasteiger partial charge in [0.05, 0.1) is 16.6 Å². The van der Waals surface area contributed by atoms with Gasteiger partial charge in [0.15, 0.2) is 0 Å². The average molecular weight is 494 g/mol. The van der Waals surface area contributed by atoms with E-state index >= 15 is 0 Å². The standard InChI is InChI=1S/C23H26F3N5O2S/c1-31(2)21(32)14-3-5-22(33,6-4-14)18-10-17-19(29-12-30-20(17)34-18)28-11-13-7-15(23(24,25)26)9-16(27)8-13/h7-10,12,14,33H,3-6,11,27H2,1-2H3,(H,28,29,30). The van der Waals surface area contributed by atoms with E-state index < -0.39 is 17.3 Å². The number of nitrogens with one attached hydrogen (secondary N) is 1. The molecule has 4 N–H and O–H groups in total. The highest BCUT2D eigenvalue weighted by Crippen LogP contribution is 2.44. The van der Waals surface area contributed by atoms with Gasteiger partial charge in [0, 0.05) is 37.1 Å². The number of halogens is 3. The largest absolute Gasteiger partial charge is 0.416 e. The second-order valence-electron chi connectivity index (χ2n) is 8.90. The molecule has 0 aliphatic heterocycles. The van der Waals surface area contributed by atoms with Crippen molar-refractivity contribution in [3.8, 4) is 0 Å². The molecule has 4 rings (SSSR count). The zero-order chi connectivity index (χ0) is 24.7. The molecule has 0 saturated heterocycles. The van der Waals surface area contributed by atoms with E-state index in [4.69, 9.17) is 5.73 Å². The zero-order valence-corrected chi connectivity index (χ0v) is 19.6. The molecule has 1 amide bonds. The number of fused-ring (bicyclic) bond motifs is 1. The van der Waals surface area contributed by atoms with Crippen LogP contribution in [0.3, 0.4) is 0 Å². The van der Waals surface area contributed by atoms with E-state index in [0.29, 0.717) is 47.3 Å². The minimum atomic E-state index is -4.49.